The van der Waals surface area contributed by atoms with E-state index in [0.29, 0.717) is 12.3 Å². The Morgan fingerprint density at radius 2 is 1.90 bits per heavy atom. The first-order chi connectivity index (χ1) is 9.35. The number of methoxy groups -OCH3 is 1. The Morgan fingerprint density at radius 3 is 2.50 bits per heavy atom. The first-order valence-corrected chi connectivity index (χ1v) is 7.19. The molecule has 0 spiro atoms. The molecule has 0 atom stereocenters. The summed E-state index contributed by atoms with van der Waals surface area (Å²) in [4.78, 5) is 6.96. The maximum atomic E-state index is 5.41. The quantitative estimate of drug-likeness (QED) is 0.875. The van der Waals surface area contributed by atoms with E-state index < -0.39 is 0 Å². The fourth-order valence-electron chi connectivity index (χ4n) is 2.38. The third-order valence-electron chi connectivity index (χ3n) is 4.05. The molecular weight excluding hydrogens is 256 g/mol. The van der Waals surface area contributed by atoms with E-state index in [1.807, 2.05) is 13.8 Å². The van der Waals surface area contributed by atoms with Crippen LogP contribution in [0, 0.1) is 0 Å². The molecule has 1 aliphatic heterocycles. The highest BCUT2D eigenvalue weighted by Gasteiger charge is 2.34. The lowest BCUT2D eigenvalue weighted by molar-refractivity contribution is 0.0170. The van der Waals surface area contributed by atoms with Gasteiger partial charge in [-0.1, -0.05) is 5.16 Å². The van der Waals surface area contributed by atoms with Gasteiger partial charge in [0.15, 0.2) is 5.82 Å². The minimum Gasteiger partial charge on any atom is -0.378 e. The molecule has 0 amide bonds. The summed E-state index contributed by atoms with van der Waals surface area (Å²) in [6.07, 6.45) is 0.619. The molecule has 0 unspecified atom stereocenters. The molecule has 2 rings (SSSR count). The van der Waals surface area contributed by atoms with Crippen molar-refractivity contribution in [3.05, 3.63) is 11.7 Å². The summed E-state index contributed by atoms with van der Waals surface area (Å²) >= 11 is 0. The zero-order chi connectivity index (χ0) is 14.8. The SMILES string of the molecule is COC(C)(C)Cc1nc(C(C)(C)N2CCNCC2)no1. The molecule has 1 aromatic heterocycles. The molecule has 1 aromatic rings. The second-order valence-corrected chi connectivity index (χ2v) is 6.45. The molecular formula is C14H26N4O2. The summed E-state index contributed by atoms with van der Waals surface area (Å²) in [7, 11) is 1.70. The van der Waals surface area contributed by atoms with Crippen LogP contribution in [-0.4, -0.2) is 53.9 Å². The van der Waals surface area contributed by atoms with Gasteiger partial charge in [0.2, 0.25) is 5.89 Å². The van der Waals surface area contributed by atoms with E-state index in [2.05, 4.69) is 34.2 Å². The van der Waals surface area contributed by atoms with Crippen molar-refractivity contribution in [2.24, 2.45) is 0 Å². The van der Waals surface area contributed by atoms with Gasteiger partial charge < -0.3 is 14.6 Å². The second kappa shape index (κ2) is 5.79. The average Bonchev–Trinajstić information content (AvgIpc) is 2.88. The Bertz CT molecular complexity index is 436. The van der Waals surface area contributed by atoms with Gasteiger partial charge in [-0.2, -0.15) is 4.98 Å². The monoisotopic (exact) mass is 282 g/mol. The van der Waals surface area contributed by atoms with Crippen molar-refractivity contribution in [1.29, 1.82) is 0 Å². The number of nitrogens with zero attached hydrogens (tertiary/aromatic N) is 3. The molecule has 1 fully saturated rings. The molecule has 0 saturated carbocycles. The standard InChI is InChI=1S/C14H26N4O2/c1-13(2,19-5)10-11-16-12(17-20-11)14(3,4)18-8-6-15-7-9-18/h15H,6-10H2,1-5H3. The van der Waals surface area contributed by atoms with Gasteiger partial charge in [0.05, 0.1) is 17.6 Å². The summed E-state index contributed by atoms with van der Waals surface area (Å²) in [6, 6.07) is 0. The first-order valence-electron chi connectivity index (χ1n) is 7.19. The second-order valence-electron chi connectivity index (χ2n) is 6.45. The lowest BCUT2D eigenvalue weighted by Gasteiger charge is -2.38. The van der Waals surface area contributed by atoms with Gasteiger partial charge in [0, 0.05) is 33.3 Å². The Kier molecular flexibility index (Phi) is 4.46. The molecule has 20 heavy (non-hydrogen) atoms. The Balaban J connectivity index is 2.10. The van der Waals surface area contributed by atoms with Gasteiger partial charge in [-0.3, -0.25) is 4.90 Å². The van der Waals surface area contributed by atoms with Crippen LogP contribution in [0.4, 0.5) is 0 Å². The summed E-state index contributed by atoms with van der Waals surface area (Å²) in [5.74, 6) is 1.39. The normalized spacial score (nSPS) is 18.4. The fourth-order valence-corrected chi connectivity index (χ4v) is 2.38. The van der Waals surface area contributed by atoms with Crippen molar-refractivity contribution < 1.29 is 9.26 Å². The van der Waals surface area contributed by atoms with Crippen LogP contribution in [0.15, 0.2) is 4.52 Å². The van der Waals surface area contributed by atoms with Gasteiger partial charge in [-0.15, -0.1) is 0 Å². The van der Waals surface area contributed by atoms with Crippen LogP contribution >= 0.6 is 0 Å². The topological polar surface area (TPSA) is 63.4 Å². The van der Waals surface area contributed by atoms with E-state index in [0.717, 1.165) is 32.0 Å². The summed E-state index contributed by atoms with van der Waals surface area (Å²) in [5, 5.41) is 7.54. The van der Waals surface area contributed by atoms with Crippen molar-refractivity contribution in [2.75, 3.05) is 33.3 Å². The van der Waals surface area contributed by atoms with Gasteiger partial charge >= 0.3 is 0 Å². The molecule has 0 radical (unpaired) electrons. The number of nitrogens with one attached hydrogen (secondary N) is 1. The maximum absolute atomic E-state index is 5.41. The van der Waals surface area contributed by atoms with Crippen LogP contribution in [0.5, 0.6) is 0 Å². The van der Waals surface area contributed by atoms with Crippen molar-refractivity contribution >= 4 is 0 Å². The molecule has 6 heteroatoms. The lowest BCUT2D eigenvalue weighted by Crippen LogP contribution is -2.52. The number of piperazine rings is 1. The van der Waals surface area contributed by atoms with Crippen LogP contribution in [0.3, 0.4) is 0 Å². The van der Waals surface area contributed by atoms with Crippen LogP contribution in [0.2, 0.25) is 0 Å². The Morgan fingerprint density at radius 1 is 1.25 bits per heavy atom. The number of rotatable bonds is 5. The van der Waals surface area contributed by atoms with Gasteiger partial charge in [0.1, 0.15) is 0 Å². The van der Waals surface area contributed by atoms with E-state index in [1.165, 1.54) is 0 Å². The minimum absolute atomic E-state index is 0.207. The molecule has 1 N–H and O–H groups in total. The smallest absolute Gasteiger partial charge is 0.229 e. The largest absolute Gasteiger partial charge is 0.378 e. The summed E-state index contributed by atoms with van der Waals surface area (Å²) in [6.45, 7) is 12.3. The number of hydrogen-bond acceptors (Lipinski definition) is 6. The van der Waals surface area contributed by atoms with E-state index in [9.17, 15) is 0 Å². The molecule has 2 heterocycles. The molecule has 1 aliphatic rings. The van der Waals surface area contributed by atoms with Crippen LogP contribution < -0.4 is 5.32 Å². The molecule has 1 saturated heterocycles. The average molecular weight is 282 g/mol. The predicted molar refractivity (Wildman–Crippen MR) is 76.6 cm³/mol. The van der Waals surface area contributed by atoms with Crippen molar-refractivity contribution in [3.8, 4) is 0 Å². The predicted octanol–water partition coefficient (Wildman–Crippen LogP) is 1.18. The first kappa shape index (κ1) is 15.4. The Hall–Kier alpha value is -0.980. The lowest BCUT2D eigenvalue weighted by atomic mass is 10.0. The van der Waals surface area contributed by atoms with Crippen LogP contribution in [0.25, 0.3) is 0 Å². The zero-order valence-corrected chi connectivity index (χ0v) is 13.2. The third kappa shape index (κ3) is 3.37. The van der Waals surface area contributed by atoms with E-state index in [1.54, 1.807) is 7.11 Å². The number of hydrogen-bond donors (Lipinski definition) is 1. The number of aromatic nitrogens is 2. The van der Waals surface area contributed by atoms with Crippen LogP contribution in [-0.2, 0) is 16.7 Å². The van der Waals surface area contributed by atoms with E-state index in [4.69, 9.17) is 9.26 Å². The van der Waals surface area contributed by atoms with Gasteiger partial charge in [0.25, 0.3) is 0 Å². The van der Waals surface area contributed by atoms with Crippen LogP contribution in [0.1, 0.15) is 39.4 Å². The van der Waals surface area contributed by atoms with Gasteiger partial charge in [-0.05, 0) is 27.7 Å². The summed E-state index contributed by atoms with van der Waals surface area (Å²) < 4.78 is 10.8. The van der Waals surface area contributed by atoms with Gasteiger partial charge in [-0.25, -0.2) is 0 Å². The highest BCUT2D eigenvalue weighted by atomic mass is 16.5. The zero-order valence-electron chi connectivity index (χ0n) is 13.2. The molecule has 0 aromatic carbocycles. The third-order valence-corrected chi connectivity index (χ3v) is 4.05. The van der Waals surface area contributed by atoms with Crippen molar-refractivity contribution in [1.82, 2.24) is 20.4 Å². The fraction of sp³-hybridized carbons (Fsp3) is 0.857. The minimum atomic E-state index is -0.289. The maximum Gasteiger partial charge on any atom is 0.229 e. The van der Waals surface area contributed by atoms with Crippen molar-refractivity contribution in [3.63, 3.8) is 0 Å². The molecule has 114 valence electrons. The Labute approximate surface area is 120 Å². The highest BCUT2D eigenvalue weighted by Crippen LogP contribution is 2.26. The molecule has 0 bridgehead atoms. The van der Waals surface area contributed by atoms with E-state index in [-0.39, 0.29) is 11.1 Å². The van der Waals surface area contributed by atoms with E-state index >= 15 is 0 Å². The highest BCUT2D eigenvalue weighted by molar-refractivity contribution is 5.04. The molecule has 0 aliphatic carbocycles. The number of ether oxygens (including phenoxy) is 1. The molecule has 6 nitrogen and oxygen atoms in total. The summed E-state index contributed by atoms with van der Waals surface area (Å²) in [5.41, 5.74) is -0.496. The van der Waals surface area contributed by atoms with Crippen molar-refractivity contribution in [2.45, 2.75) is 45.3 Å².